The number of hydrogen-bond donors (Lipinski definition) is 1. The molecule has 4 rings (SSSR count). The molecule has 7 nitrogen and oxygen atoms in total. The predicted octanol–water partition coefficient (Wildman–Crippen LogP) is 5.13. The van der Waals surface area contributed by atoms with Crippen molar-refractivity contribution in [3.8, 4) is 16.9 Å². The second-order valence-electron chi connectivity index (χ2n) is 8.11. The average molecular weight is 459 g/mol. The first-order valence-electron chi connectivity index (χ1n) is 11.0. The van der Waals surface area contributed by atoms with E-state index in [1.807, 2.05) is 44.2 Å². The first-order chi connectivity index (χ1) is 16.3. The van der Waals surface area contributed by atoms with Crippen molar-refractivity contribution in [2.75, 3.05) is 26.1 Å². The number of carbonyl (C=O) groups excluding carboxylic acids is 3. The maximum absolute atomic E-state index is 13.3. The Hall–Kier alpha value is -4.13. The highest BCUT2D eigenvalue weighted by atomic mass is 16.5. The molecule has 1 N–H and O–H groups in total. The molecule has 0 atom stereocenters. The molecular formula is C27H26N2O5. The molecule has 1 aliphatic rings. The van der Waals surface area contributed by atoms with Crippen LogP contribution in [0.1, 0.15) is 49.1 Å². The quantitative estimate of drug-likeness (QED) is 0.407. The summed E-state index contributed by atoms with van der Waals surface area (Å²) >= 11 is 0. The molecule has 0 radical (unpaired) electrons. The second kappa shape index (κ2) is 9.02. The number of hydrogen-bond acceptors (Lipinski definition) is 6. The number of imide groups is 1. The number of fused-ring (bicyclic) bond motifs is 1. The van der Waals surface area contributed by atoms with Gasteiger partial charge in [0, 0.05) is 18.3 Å². The second-order valence-corrected chi connectivity index (χ2v) is 8.11. The third-order valence-corrected chi connectivity index (χ3v) is 5.99. The number of benzene rings is 3. The Morgan fingerprint density at radius 1 is 0.941 bits per heavy atom. The molecule has 0 aromatic heterocycles. The fourth-order valence-corrected chi connectivity index (χ4v) is 4.18. The molecule has 1 heterocycles. The normalized spacial score (nSPS) is 12.6. The summed E-state index contributed by atoms with van der Waals surface area (Å²) in [7, 11) is 2.99. The summed E-state index contributed by atoms with van der Waals surface area (Å²) in [5, 5.41) is 3.42. The van der Waals surface area contributed by atoms with E-state index in [1.54, 1.807) is 32.2 Å². The number of amides is 2. The fourth-order valence-electron chi connectivity index (χ4n) is 4.18. The molecule has 0 saturated heterocycles. The molecule has 0 aliphatic carbocycles. The molecule has 34 heavy (non-hydrogen) atoms. The highest BCUT2D eigenvalue weighted by Crippen LogP contribution is 2.42. The zero-order valence-corrected chi connectivity index (χ0v) is 19.8. The Kier molecular flexibility index (Phi) is 6.11. The minimum Gasteiger partial charge on any atom is -0.497 e. The molecule has 0 unspecified atom stereocenters. The zero-order chi connectivity index (χ0) is 24.6. The van der Waals surface area contributed by atoms with Crippen LogP contribution in [0.15, 0.2) is 48.5 Å². The monoisotopic (exact) mass is 458 g/mol. The van der Waals surface area contributed by atoms with Gasteiger partial charge in [0.05, 0.1) is 36.1 Å². The molecular weight excluding hydrogens is 432 g/mol. The highest BCUT2D eigenvalue weighted by molar-refractivity contribution is 6.28. The Labute approximate surface area is 198 Å². The average Bonchev–Trinajstić information content (AvgIpc) is 3.06. The fraction of sp³-hybridized carbons (Fsp3) is 0.222. The molecule has 0 fully saturated rings. The lowest BCUT2D eigenvalue weighted by Gasteiger charge is -2.20. The van der Waals surface area contributed by atoms with E-state index in [0.29, 0.717) is 17.0 Å². The zero-order valence-electron chi connectivity index (χ0n) is 19.8. The summed E-state index contributed by atoms with van der Waals surface area (Å²) in [5.74, 6) is -0.988. The minimum absolute atomic E-state index is 0.0527. The molecule has 0 saturated carbocycles. The summed E-state index contributed by atoms with van der Waals surface area (Å²) in [6.07, 6.45) is 0. The van der Waals surface area contributed by atoms with Crippen LogP contribution in [0.25, 0.3) is 11.1 Å². The van der Waals surface area contributed by atoms with Crippen LogP contribution in [-0.4, -0.2) is 43.4 Å². The van der Waals surface area contributed by atoms with Gasteiger partial charge in [-0.05, 0) is 55.7 Å². The highest BCUT2D eigenvalue weighted by Gasteiger charge is 2.40. The van der Waals surface area contributed by atoms with E-state index in [9.17, 15) is 14.4 Å². The number of para-hydroxylation sites is 1. The number of esters is 1. The molecule has 3 aromatic rings. The number of ether oxygens (including phenoxy) is 2. The van der Waals surface area contributed by atoms with Crippen LogP contribution in [0.5, 0.6) is 5.75 Å². The standard InChI is InChI=1S/C27H26N2O5/c1-6-34-27(32)20-14-19(17-10-12-18(33-5)13-11-17)24(22-21(20)25(30)29(4)26(22)31)28-23-15(2)8-7-9-16(23)3/h7-14,28H,6H2,1-5H3. The number of nitrogens with one attached hydrogen (secondary N) is 1. The summed E-state index contributed by atoms with van der Waals surface area (Å²) in [6.45, 7) is 5.77. The van der Waals surface area contributed by atoms with Crippen LogP contribution in [0.2, 0.25) is 0 Å². The number of aryl methyl sites for hydroxylation is 2. The Morgan fingerprint density at radius 2 is 1.56 bits per heavy atom. The maximum Gasteiger partial charge on any atom is 0.338 e. The van der Waals surface area contributed by atoms with Gasteiger partial charge in [0.2, 0.25) is 0 Å². The van der Waals surface area contributed by atoms with Crippen LogP contribution in [0, 0.1) is 13.8 Å². The Bertz CT molecular complexity index is 1290. The van der Waals surface area contributed by atoms with Gasteiger partial charge in [-0.2, -0.15) is 0 Å². The van der Waals surface area contributed by atoms with E-state index in [1.165, 1.54) is 7.05 Å². The lowest BCUT2D eigenvalue weighted by molar-refractivity contribution is 0.0519. The van der Waals surface area contributed by atoms with E-state index in [-0.39, 0.29) is 23.3 Å². The number of rotatable bonds is 6. The molecule has 7 heteroatoms. The first-order valence-corrected chi connectivity index (χ1v) is 11.0. The summed E-state index contributed by atoms with van der Waals surface area (Å²) in [5.41, 5.74) is 4.89. The van der Waals surface area contributed by atoms with Crippen LogP contribution in [-0.2, 0) is 4.74 Å². The summed E-state index contributed by atoms with van der Waals surface area (Å²) in [4.78, 5) is 40.3. The van der Waals surface area contributed by atoms with E-state index in [0.717, 1.165) is 27.3 Å². The molecule has 2 amide bonds. The third kappa shape index (κ3) is 3.79. The van der Waals surface area contributed by atoms with Crippen molar-refractivity contribution in [1.29, 1.82) is 0 Å². The van der Waals surface area contributed by atoms with Gasteiger partial charge >= 0.3 is 5.97 Å². The van der Waals surface area contributed by atoms with Crippen molar-refractivity contribution in [2.24, 2.45) is 0 Å². The van der Waals surface area contributed by atoms with Gasteiger partial charge in [-0.3, -0.25) is 14.5 Å². The van der Waals surface area contributed by atoms with Gasteiger partial charge in [0.1, 0.15) is 5.75 Å². The van der Waals surface area contributed by atoms with E-state index < -0.39 is 17.8 Å². The number of nitrogens with zero attached hydrogens (tertiary/aromatic N) is 1. The van der Waals surface area contributed by atoms with Crippen LogP contribution < -0.4 is 10.1 Å². The van der Waals surface area contributed by atoms with Gasteiger partial charge in [0.25, 0.3) is 11.8 Å². The Balaban J connectivity index is 2.05. The molecule has 1 aliphatic heterocycles. The molecule has 0 spiro atoms. The molecule has 174 valence electrons. The molecule has 0 bridgehead atoms. The third-order valence-electron chi connectivity index (χ3n) is 5.99. The number of methoxy groups -OCH3 is 1. The van der Waals surface area contributed by atoms with E-state index in [4.69, 9.17) is 9.47 Å². The largest absolute Gasteiger partial charge is 0.497 e. The van der Waals surface area contributed by atoms with E-state index >= 15 is 0 Å². The van der Waals surface area contributed by atoms with Gasteiger partial charge in [0.15, 0.2) is 0 Å². The van der Waals surface area contributed by atoms with E-state index in [2.05, 4.69) is 5.32 Å². The predicted molar refractivity (Wildman–Crippen MR) is 130 cm³/mol. The van der Waals surface area contributed by atoms with Crippen molar-refractivity contribution < 1.29 is 23.9 Å². The van der Waals surface area contributed by atoms with Crippen molar-refractivity contribution in [2.45, 2.75) is 20.8 Å². The van der Waals surface area contributed by atoms with Crippen molar-refractivity contribution >= 4 is 29.2 Å². The maximum atomic E-state index is 13.3. The van der Waals surface area contributed by atoms with Gasteiger partial charge in [-0.25, -0.2) is 4.79 Å². The number of anilines is 2. The lowest BCUT2D eigenvalue weighted by Crippen LogP contribution is -2.25. The number of carbonyl (C=O) groups is 3. The van der Waals surface area contributed by atoms with Gasteiger partial charge in [-0.1, -0.05) is 30.3 Å². The lowest BCUT2D eigenvalue weighted by atomic mass is 9.92. The molecule has 3 aromatic carbocycles. The summed E-state index contributed by atoms with van der Waals surface area (Å²) < 4.78 is 10.5. The minimum atomic E-state index is -0.649. The Morgan fingerprint density at radius 3 is 2.15 bits per heavy atom. The van der Waals surface area contributed by atoms with Gasteiger partial charge in [-0.15, -0.1) is 0 Å². The van der Waals surface area contributed by atoms with Crippen molar-refractivity contribution in [3.05, 3.63) is 76.3 Å². The van der Waals surface area contributed by atoms with Crippen molar-refractivity contribution in [1.82, 2.24) is 4.90 Å². The first kappa shape index (κ1) is 23.0. The van der Waals surface area contributed by atoms with Crippen LogP contribution >= 0.6 is 0 Å². The summed E-state index contributed by atoms with van der Waals surface area (Å²) in [6, 6.07) is 14.8. The van der Waals surface area contributed by atoms with Gasteiger partial charge < -0.3 is 14.8 Å². The topological polar surface area (TPSA) is 84.9 Å². The smallest absolute Gasteiger partial charge is 0.338 e. The van der Waals surface area contributed by atoms with Crippen LogP contribution in [0.4, 0.5) is 11.4 Å². The SMILES string of the molecule is CCOC(=O)c1cc(-c2ccc(OC)cc2)c(Nc2c(C)cccc2C)c2c1C(=O)N(C)C2=O. The van der Waals surface area contributed by atoms with Crippen LogP contribution in [0.3, 0.4) is 0 Å². The van der Waals surface area contributed by atoms with Crippen molar-refractivity contribution in [3.63, 3.8) is 0 Å².